The summed E-state index contributed by atoms with van der Waals surface area (Å²) in [5, 5.41) is 18.6. The molecule has 7 heteroatoms. The third-order valence-electron chi connectivity index (χ3n) is 3.74. The minimum absolute atomic E-state index is 0.0942. The van der Waals surface area contributed by atoms with E-state index in [9.17, 15) is 18.3 Å². The first-order valence-corrected chi connectivity index (χ1v) is 8.39. The van der Waals surface area contributed by atoms with Crippen LogP contribution in [0, 0.1) is 6.92 Å². The van der Waals surface area contributed by atoms with Crippen LogP contribution in [0.4, 0.5) is 0 Å². The minimum Gasteiger partial charge on any atom is -0.507 e. The maximum absolute atomic E-state index is 12.4. The topological polar surface area (TPSA) is 104 Å². The van der Waals surface area contributed by atoms with Gasteiger partial charge < -0.3 is 10.2 Å². The van der Waals surface area contributed by atoms with Gasteiger partial charge in [0.1, 0.15) is 11.3 Å². The number of benzene rings is 1. The molecule has 0 spiro atoms. The Balaban J connectivity index is 2.34. The maximum Gasteiger partial charge on any atom is 0.339 e. The monoisotopic (exact) mass is 313 g/mol. The molecule has 0 radical (unpaired) electrons. The molecular weight excluding hydrogens is 294 g/mol. The molecule has 21 heavy (non-hydrogen) atoms. The van der Waals surface area contributed by atoms with Crippen LogP contribution in [0.25, 0.3) is 0 Å². The fourth-order valence-electron chi connectivity index (χ4n) is 2.64. The molecule has 1 fully saturated rings. The van der Waals surface area contributed by atoms with Crippen molar-refractivity contribution in [2.75, 3.05) is 0 Å². The molecule has 6 nitrogen and oxygen atoms in total. The van der Waals surface area contributed by atoms with Crippen LogP contribution < -0.4 is 4.72 Å². The highest BCUT2D eigenvalue weighted by molar-refractivity contribution is 7.89. The van der Waals surface area contributed by atoms with Crippen LogP contribution in [-0.2, 0) is 10.0 Å². The fourth-order valence-corrected chi connectivity index (χ4v) is 4.19. The van der Waals surface area contributed by atoms with Crippen molar-refractivity contribution >= 4 is 16.0 Å². The smallest absolute Gasteiger partial charge is 0.339 e. The van der Waals surface area contributed by atoms with E-state index in [4.69, 9.17) is 5.11 Å². The summed E-state index contributed by atoms with van der Waals surface area (Å²) >= 11 is 0. The third-order valence-corrected chi connectivity index (χ3v) is 5.40. The molecule has 1 aromatic carbocycles. The summed E-state index contributed by atoms with van der Waals surface area (Å²) in [5.74, 6) is -1.79. The van der Waals surface area contributed by atoms with Crippen LogP contribution in [-0.4, -0.2) is 30.6 Å². The van der Waals surface area contributed by atoms with E-state index in [0.29, 0.717) is 5.56 Å². The SMILES string of the molecule is Cc1cc(O)c(C(=O)O)cc1S(=O)(=O)NC1CCCCC1. The highest BCUT2D eigenvalue weighted by Gasteiger charge is 2.25. The Morgan fingerprint density at radius 1 is 1.24 bits per heavy atom. The summed E-state index contributed by atoms with van der Waals surface area (Å²) in [7, 11) is -3.79. The van der Waals surface area contributed by atoms with E-state index >= 15 is 0 Å². The van der Waals surface area contributed by atoms with Crippen molar-refractivity contribution in [3.8, 4) is 5.75 Å². The Bertz CT molecular complexity index is 648. The van der Waals surface area contributed by atoms with Crippen molar-refractivity contribution < 1.29 is 23.4 Å². The number of hydrogen-bond donors (Lipinski definition) is 3. The lowest BCUT2D eigenvalue weighted by molar-refractivity contribution is 0.0693. The predicted octanol–water partition coefficient (Wildman–Crippen LogP) is 2.01. The number of carboxylic acid groups (broad SMARTS) is 1. The lowest BCUT2D eigenvalue weighted by atomic mass is 9.96. The number of sulfonamides is 1. The summed E-state index contributed by atoms with van der Waals surface area (Å²) < 4.78 is 27.5. The zero-order chi connectivity index (χ0) is 15.6. The zero-order valence-electron chi connectivity index (χ0n) is 11.8. The molecule has 2 rings (SSSR count). The van der Waals surface area contributed by atoms with E-state index in [0.717, 1.165) is 38.2 Å². The van der Waals surface area contributed by atoms with Gasteiger partial charge in [0.25, 0.3) is 0 Å². The molecule has 1 aliphatic carbocycles. The van der Waals surface area contributed by atoms with Gasteiger partial charge in [0.15, 0.2) is 0 Å². The Labute approximate surface area is 123 Å². The molecule has 0 heterocycles. The maximum atomic E-state index is 12.4. The van der Waals surface area contributed by atoms with Gasteiger partial charge in [-0.15, -0.1) is 0 Å². The van der Waals surface area contributed by atoms with Crippen LogP contribution in [0.15, 0.2) is 17.0 Å². The number of aromatic hydroxyl groups is 1. The predicted molar refractivity (Wildman–Crippen MR) is 77.0 cm³/mol. The number of hydrogen-bond acceptors (Lipinski definition) is 4. The highest BCUT2D eigenvalue weighted by Crippen LogP contribution is 2.27. The molecule has 1 aromatic rings. The van der Waals surface area contributed by atoms with Crippen molar-refractivity contribution in [2.24, 2.45) is 0 Å². The van der Waals surface area contributed by atoms with Gasteiger partial charge in [-0.1, -0.05) is 19.3 Å². The van der Waals surface area contributed by atoms with Crippen molar-refractivity contribution in [3.63, 3.8) is 0 Å². The lowest BCUT2D eigenvalue weighted by Gasteiger charge is -2.23. The van der Waals surface area contributed by atoms with Gasteiger partial charge in [-0.2, -0.15) is 0 Å². The summed E-state index contributed by atoms with van der Waals surface area (Å²) in [6, 6.07) is 2.07. The first-order valence-electron chi connectivity index (χ1n) is 6.90. The molecule has 3 N–H and O–H groups in total. The second-order valence-electron chi connectivity index (χ2n) is 5.40. The van der Waals surface area contributed by atoms with E-state index in [-0.39, 0.29) is 10.9 Å². The van der Waals surface area contributed by atoms with Gasteiger partial charge in [-0.25, -0.2) is 17.9 Å². The van der Waals surface area contributed by atoms with Gasteiger partial charge >= 0.3 is 5.97 Å². The molecule has 1 saturated carbocycles. The largest absolute Gasteiger partial charge is 0.507 e. The molecule has 0 saturated heterocycles. The van der Waals surface area contributed by atoms with E-state index in [1.807, 2.05) is 0 Å². The van der Waals surface area contributed by atoms with E-state index in [1.54, 1.807) is 0 Å². The van der Waals surface area contributed by atoms with E-state index in [2.05, 4.69) is 4.72 Å². The number of phenols is 1. The van der Waals surface area contributed by atoms with E-state index < -0.39 is 27.3 Å². The van der Waals surface area contributed by atoms with Crippen LogP contribution in [0.5, 0.6) is 5.75 Å². The Hall–Kier alpha value is -1.60. The fraction of sp³-hybridized carbons (Fsp3) is 0.500. The second kappa shape index (κ2) is 6.03. The summed E-state index contributed by atoms with van der Waals surface area (Å²) in [5.41, 5.74) is -0.0922. The summed E-state index contributed by atoms with van der Waals surface area (Å²) in [6.07, 6.45) is 4.67. The average Bonchev–Trinajstić information content (AvgIpc) is 2.38. The van der Waals surface area contributed by atoms with Crippen molar-refractivity contribution in [1.29, 1.82) is 0 Å². The van der Waals surface area contributed by atoms with Crippen LogP contribution in [0.2, 0.25) is 0 Å². The highest BCUT2D eigenvalue weighted by atomic mass is 32.2. The van der Waals surface area contributed by atoms with Crippen molar-refractivity contribution in [3.05, 3.63) is 23.3 Å². The second-order valence-corrected chi connectivity index (χ2v) is 7.08. The van der Waals surface area contributed by atoms with Crippen molar-refractivity contribution in [2.45, 2.75) is 50.0 Å². The first kappa shape index (κ1) is 15.8. The molecule has 0 unspecified atom stereocenters. The molecular formula is C14H19NO5S. The number of nitrogens with one attached hydrogen (secondary N) is 1. The van der Waals surface area contributed by atoms with Gasteiger partial charge in [0.05, 0.1) is 4.90 Å². The lowest BCUT2D eigenvalue weighted by Crippen LogP contribution is -2.36. The third kappa shape index (κ3) is 3.54. The number of aryl methyl sites for hydroxylation is 1. The molecule has 0 bridgehead atoms. The van der Waals surface area contributed by atoms with Crippen molar-refractivity contribution in [1.82, 2.24) is 4.72 Å². The number of rotatable bonds is 4. The van der Waals surface area contributed by atoms with E-state index in [1.165, 1.54) is 13.0 Å². The standard InChI is InChI=1S/C14H19NO5S/c1-9-7-12(16)11(14(17)18)8-13(9)21(19,20)15-10-5-3-2-4-6-10/h7-8,10,15-16H,2-6H2,1H3,(H,17,18). The normalized spacial score (nSPS) is 16.8. The van der Waals surface area contributed by atoms with Gasteiger partial charge in [-0.05, 0) is 37.5 Å². The van der Waals surface area contributed by atoms with Crippen LogP contribution in [0.3, 0.4) is 0 Å². The number of carbonyl (C=O) groups is 1. The Morgan fingerprint density at radius 2 is 1.86 bits per heavy atom. The van der Waals surface area contributed by atoms with Gasteiger partial charge in [-0.3, -0.25) is 0 Å². The number of carboxylic acids is 1. The molecule has 0 amide bonds. The summed E-state index contributed by atoms with van der Waals surface area (Å²) in [6.45, 7) is 1.53. The summed E-state index contributed by atoms with van der Waals surface area (Å²) in [4.78, 5) is 10.9. The molecule has 1 aliphatic rings. The quantitative estimate of drug-likeness (QED) is 0.789. The van der Waals surface area contributed by atoms with Crippen LogP contribution in [0.1, 0.15) is 48.0 Å². The molecule has 116 valence electrons. The average molecular weight is 313 g/mol. The first-order chi connectivity index (χ1) is 9.81. The van der Waals surface area contributed by atoms with Crippen LogP contribution >= 0.6 is 0 Å². The number of aromatic carboxylic acids is 1. The van der Waals surface area contributed by atoms with Gasteiger partial charge in [0, 0.05) is 6.04 Å². The zero-order valence-corrected chi connectivity index (χ0v) is 12.6. The molecule has 0 aliphatic heterocycles. The Kier molecular flexibility index (Phi) is 4.53. The Morgan fingerprint density at radius 3 is 2.43 bits per heavy atom. The van der Waals surface area contributed by atoms with Gasteiger partial charge in [0.2, 0.25) is 10.0 Å². The molecule has 0 atom stereocenters. The molecule has 0 aromatic heterocycles. The minimum atomic E-state index is -3.79.